The molecule has 0 radical (unpaired) electrons. The van der Waals surface area contributed by atoms with Crippen molar-refractivity contribution in [2.75, 3.05) is 26.8 Å². The van der Waals surface area contributed by atoms with Crippen LogP contribution in [0.25, 0.3) is 0 Å². The molecule has 0 N–H and O–H groups in total. The highest BCUT2D eigenvalue weighted by Gasteiger charge is 1.99. The molecule has 0 spiro atoms. The van der Waals surface area contributed by atoms with Crippen LogP contribution < -0.4 is 0 Å². The predicted octanol–water partition coefficient (Wildman–Crippen LogP) is 3.82. The van der Waals surface area contributed by atoms with Gasteiger partial charge in [0.05, 0.1) is 0 Å². The summed E-state index contributed by atoms with van der Waals surface area (Å²) in [5.41, 5.74) is 0. The molecule has 0 aliphatic carbocycles. The van der Waals surface area contributed by atoms with Crippen molar-refractivity contribution >= 4 is 0 Å². The van der Waals surface area contributed by atoms with Gasteiger partial charge in [0.15, 0.2) is 0 Å². The van der Waals surface area contributed by atoms with Crippen LogP contribution in [0, 0.1) is 11.8 Å². The predicted molar refractivity (Wildman–Crippen MR) is 70.9 cm³/mol. The summed E-state index contributed by atoms with van der Waals surface area (Å²) in [6.07, 6.45) is 4.63. The van der Waals surface area contributed by atoms with Gasteiger partial charge in [0.25, 0.3) is 0 Å². The van der Waals surface area contributed by atoms with Gasteiger partial charge in [0, 0.05) is 13.2 Å². The minimum Gasteiger partial charge on any atom is -0.355 e. The standard InChI is InChI=1S/C14H30O3/c1-5-13(3)7-9-15-11-17-12-16-10-8-14(4)6-2/h13-14H,5-12H2,1-4H3. The molecule has 2 unspecified atom stereocenters. The Bertz CT molecular complexity index is 134. The van der Waals surface area contributed by atoms with Gasteiger partial charge in [-0.05, 0) is 24.7 Å². The number of hydrogen-bond donors (Lipinski definition) is 0. The maximum absolute atomic E-state index is 5.35. The van der Waals surface area contributed by atoms with Crippen molar-refractivity contribution in [1.82, 2.24) is 0 Å². The Balaban J connectivity index is 3.04. The van der Waals surface area contributed by atoms with E-state index in [0.29, 0.717) is 13.6 Å². The first kappa shape index (κ1) is 16.9. The van der Waals surface area contributed by atoms with Crippen molar-refractivity contribution in [2.45, 2.75) is 53.4 Å². The SMILES string of the molecule is CCC(C)CCOCOCOCCC(C)CC. The van der Waals surface area contributed by atoms with Gasteiger partial charge in [-0.2, -0.15) is 0 Å². The highest BCUT2D eigenvalue weighted by molar-refractivity contribution is 4.48. The Morgan fingerprint density at radius 2 is 1.12 bits per heavy atom. The smallest absolute Gasteiger partial charge is 0.149 e. The van der Waals surface area contributed by atoms with Gasteiger partial charge in [-0.1, -0.05) is 40.5 Å². The Hall–Kier alpha value is -0.120. The molecule has 0 aromatic carbocycles. The lowest BCUT2D eigenvalue weighted by Gasteiger charge is -2.10. The Morgan fingerprint density at radius 1 is 0.706 bits per heavy atom. The van der Waals surface area contributed by atoms with Crippen molar-refractivity contribution in [1.29, 1.82) is 0 Å². The van der Waals surface area contributed by atoms with Crippen LogP contribution in [0.4, 0.5) is 0 Å². The second-order valence-electron chi connectivity index (χ2n) is 4.86. The van der Waals surface area contributed by atoms with Gasteiger partial charge in [-0.15, -0.1) is 0 Å². The zero-order valence-electron chi connectivity index (χ0n) is 12.0. The van der Waals surface area contributed by atoms with E-state index < -0.39 is 0 Å². The van der Waals surface area contributed by atoms with Crippen molar-refractivity contribution in [2.24, 2.45) is 11.8 Å². The summed E-state index contributed by atoms with van der Waals surface area (Å²) < 4.78 is 15.9. The lowest BCUT2D eigenvalue weighted by Crippen LogP contribution is -2.09. The minimum absolute atomic E-state index is 0.347. The minimum atomic E-state index is 0.347. The monoisotopic (exact) mass is 246 g/mol. The fourth-order valence-electron chi connectivity index (χ4n) is 1.25. The zero-order valence-corrected chi connectivity index (χ0v) is 12.0. The van der Waals surface area contributed by atoms with E-state index in [4.69, 9.17) is 14.2 Å². The summed E-state index contributed by atoms with van der Waals surface area (Å²) in [7, 11) is 0. The Labute approximate surface area is 107 Å². The molecule has 0 fully saturated rings. The first-order chi connectivity index (χ1) is 8.20. The van der Waals surface area contributed by atoms with E-state index in [-0.39, 0.29) is 0 Å². The third-order valence-electron chi connectivity index (χ3n) is 3.24. The van der Waals surface area contributed by atoms with Crippen LogP contribution in [0.2, 0.25) is 0 Å². The van der Waals surface area contributed by atoms with Crippen molar-refractivity contribution in [3.63, 3.8) is 0 Å². The highest BCUT2D eigenvalue weighted by Crippen LogP contribution is 2.06. The normalized spacial score (nSPS) is 14.8. The molecular formula is C14H30O3. The van der Waals surface area contributed by atoms with Crippen LogP contribution in [0.15, 0.2) is 0 Å². The molecule has 0 rings (SSSR count). The van der Waals surface area contributed by atoms with E-state index >= 15 is 0 Å². The number of hydrogen-bond acceptors (Lipinski definition) is 3. The maximum Gasteiger partial charge on any atom is 0.149 e. The largest absolute Gasteiger partial charge is 0.355 e. The lowest BCUT2D eigenvalue weighted by atomic mass is 10.1. The molecule has 2 atom stereocenters. The van der Waals surface area contributed by atoms with Gasteiger partial charge in [0.1, 0.15) is 13.6 Å². The average Bonchev–Trinajstić information content (AvgIpc) is 2.35. The van der Waals surface area contributed by atoms with Crippen LogP contribution in [-0.4, -0.2) is 26.8 Å². The molecule has 0 saturated heterocycles. The molecular weight excluding hydrogens is 216 g/mol. The second-order valence-corrected chi connectivity index (χ2v) is 4.86. The number of ether oxygens (including phenoxy) is 3. The first-order valence-corrected chi connectivity index (χ1v) is 6.93. The molecule has 0 aromatic heterocycles. The van der Waals surface area contributed by atoms with Crippen molar-refractivity contribution in [3.05, 3.63) is 0 Å². The van der Waals surface area contributed by atoms with E-state index in [1.165, 1.54) is 12.8 Å². The number of rotatable bonds is 12. The van der Waals surface area contributed by atoms with E-state index in [2.05, 4.69) is 27.7 Å². The first-order valence-electron chi connectivity index (χ1n) is 6.93. The van der Waals surface area contributed by atoms with E-state index in [0.717, 1.165) is 37.9 Å². The third-order valence-corrected chi connectivity index (χ3v) is 3.24. The fraction of sp³-hybridized carbons (Fsp3) is 1.00. The van der Waals surface area contributed by atoms with Crippen LogP contribution in [0.1, 0.15) is 53.4 Å². The second kappa shape index (κ2) is 12.3. The molecule has 3 heteroatoms. The molecule has 0 aliphatic heterocycles. The average molecular weight is 246 g/mol. The van der Waals surface area contributed by atoms with E-state index in [9.17, 15) is 0 Å². The molecule has 104 valence electrons. The molecule has 0 amide bonds. The molecule has 0 bridgehead atoms. The zero-order chi connectivity index (χ0) is 12.9. The summed E-state index contributed by atoms with van der Waals surface area (Å²) in [4.78, 5) is 0. The summed E-state index contributed by atoms with van der Waals surface area (Å²) >= 11 is 0. The van der Waals surface area contributed by atoms with Crippen molar-refractivity contribution < 1.29 is 14.2 Å². The summed E-state index contributed by atoms with van der Waals surface area (Å²) in [6, 6.07) is 0. The maximum atomic E-state index is 5.35. The Kier molecular flexibility index (Phi) is 12.3. The van der Waals surface area contributed by atoms with Gasteiger partial charge in [-0.25, -0.2) is 0 Å². The fourth-order valence-corrected chi connectivity index (χ4v) is 1.25. The molecule has 0 saturated carbocycles. The van der Waals surface area contributed by atoms with Crippen LogP contribution in [0.3, 0.4) is 0 Å². The molecule has 17 heavy (non-hydrogen) atoms. The molecule has 3 nitrogen and oxygen atoms in total. The summed E-state index contributed by atoms with van der Waals surface area (Å²) in [5, 5.41) is 0. The summed E-state index contributed by atoms with van der Waals surface area (Å²) in [5.74, 6) is 1.48. The van der Waals surface area contributed by atoms with Crippen molar-refractivity contribution in [3.8, 4) is 0 Å². The quantitative estimate of drug-likeness (QED) is 0.387. The van der Waals surface area contributed by atoms with Crippen LogP contribution >= 0.6 is 0 Å². The van der Waals surface area contributed by atoms with Crippen LogP contribution in [0.5, 0.6) is 0 Å². The van der Waals surface area contributed by atoms with E-state index in [1.54, 1.807) is 0 Å². The van der Waals surface area contributed by atoms with Gasteiger partial charge in [-0.3, -0.25) is 0 Å². The highest BCUT2D eigenvalue weighted by atomic mass is 16.7. The topological polar surface area (TPSA) is 27.7 Å². The third kappa shape index (κ3) is 12.1. The summed E-state index contributed by atoms with van der Waals surface area (Å²) in [6.45, 7) is 11.1. The molecule has 0 heterocycles. The van der Waals surface area contributed by atoms with Gasteiger partial charge >= 0.3 is 0 Å². The van der Waals surface area contributed by atoms with Gasteiger partial charge < -0.3 is 14.2 Å². The van der Waals surface area contributed by atoms with Gasteiger partial charge in [0.2, 0.25) is 0 Å². The molecule has 0 aliphatic rings. The lowest BCUT2D eigenvalue weighted by molar-refractivity contribution is -0.133. The van der Waals surface area contributed by atoms with E-state index in [1.807, 2.05) is 0 Å². The van der Waals surface area contributed by atoms with Crippen LogP contribution in [-0.2, 0) is 14.2 Å². The Morgan fingerprint density at radius 3 is 1.47 bits per heavy atom. The molecule has 0 aromatic rings.